The van der Waals surface area contributed by atoms with Crippen molar-refractivity contribution < 1.29 is 4.74 Å². The highest BCUT2D eigenvalue weighted by atomic mass is 16.5. The molecule has 2 rings (SSSR count). The van der Waals surface area contributed by atoms with Gasteiger partial charge < -0.3 is 20.3 Å². The summed E-state index contributed by atoms with van der Waals surface area (Å²) < 4.78 is 5.34. The third-order valence-corrected chi connectivity index (χ3v) is 3.05. The first kappa shape index (κ1) is 18.2. The molecule has 0 spiro atoms. The maximum Gasteiger partial charge on any atom is 0.183 e. The molecule has 0 amide bonds. The van der Waals surface area contributed by atoms with Gasteiger partial charge in [-0.2, -0.15) is 0 Å². The van der Waals surface area contributed by atoms with Gasteiger partial charge in [0.05, 0.1) is 19.8 Å². The highest BCUT2D eigenvalue weighted by Crippen LogP contribution is 2.29. The molecule has 0 unspecified atom stereocenters. The van der Waals surface area contributed by atoms with Crippen LogP contribution in [-0.2, 0) is 0 Å². The van der Waals surface area contributed by atoms with Crippen molar-refractivity contribution in [1.82, 2.24) is 9.80 Å². The zero-order chi connectivity index (χ0) is 18.4. The normalized spacial score (nSPS) is 16.2. The molecule has 8 nitrogen and oxygen atoms in total. The summed E-state index contributed by atoms with van der Waals surface area (Å²) in [5.41, 5.74) is 7.68. The summed E-state index contributed by atoms with van der Waals surface area (Å²) in [7, 11) is 9.10. The number of methoxy groups -OCH3 is 1. The second kappa shape index (κ2) is 8.09. The van der Waals surface area contributed by atoms with Gasteiger partial charge in [-0.15, -0.1) is 0 Å². The Kier molecular flexibility index (Phi) is 5.89. The van der Waals surface area contributed by atoms with Crippen LogP contribution in [0.25, 0.3) is 0 Å². The van der Waals surface area contributed by atoms with Crippen molar-refractivity contribution in [1.29, 1.82) is 0 Å². The zero-order valence-corrected chi connectivity index (χ0v) is 15.1. The fourth-order valence-electron chi connectivity index (χ4n) is 1.95. The molecule has 8 heteroatoms. The van der Waals surface area contributed by atoms with Crippen LogP contribution in [0.4, 0.5) is 5.69 Å². The fourth-order valence-corrected chi connectivity index (χ4v) is 1.95. The Bertz CT molecular complexity index is 773. The molecule has 1 aromatic carbocycles. The maximum absolute atomic E-state index is 6.04. The number of amidine groups is 2. The molecule has 1 heterocycles. The van der Waals surface area contributed by atoms with E-state index in [1.807, 2.05) is 62.3 Å². The van der Waals surface area contributed by atoms with Gasteiger partial charge in [0.2, 0.25) is 0 Å². The van der Waals surface area contributed by atoms with Crippen molar-refractivity contribution in [3.05, 3.63) is 35.7 Å². The van der Waals surface area contributed by atoms with E-state index >= 15 is 0 Å². The SMILES string of the molecule is COc1ccccc1N=C1N=C(N)C(N=CN(C)C)=C1N=CN(C)C. The fraction of sp³-hybridized carbons (Fsp3) is 0.294. The van der Waals surface area contributed by atoms with Gasteiger partial charge in [0.25, 0.3) is 0 Å². The molecule has 0 atom stereocenters. The highest BCUT2D eigenvalue weighted by molar-refractivity contribution is 6.21. The summed E-state index contributed by atoms with van der Waals surface area (Å²) in [6.07, 6.45) is 3.31. The maximum atomic E-state index is 6.04. The van der Waals surface area contributed by atoms with E-state index in [4.69, 9.17) is 10.5 Å². The average Bonchev–Trinajstić information content (AvgIpc) is 2.86. The van der Waals surface area contributed by atoms with Crippen molar-refractivity contribution in [2.24, 2.45) is 25.7 Å². The summed E-state index contributed by atoms with van der Waals surface area (Å²) in [4.78, 5) is 21.3. The molecule has 0 radical (unpaired) electrons. The minimum Gasteiger partial charge on any atom is -0.494 e. The first-order chi connectivity index (χ1) is 11.9. The van der Waals surface area contributed by atoms with E-state index in [1.165, 1.54) is 0 Å². The molecular formula is C17H23N7O. The van der Waals surface area contributed by atoms with E-state index in [-0.39, 0.29) is 5.84 Å². The molecule has 2 N–H and O–H groups in total. The lowest BCUT2D eigenvalue weighted by atomic mass is 10.3. The summed E-state index contributed by atoms with van der Waals surface area (Å²) in [6, 6.07) is 7.43. The van der Waals surface area contributed by atoms with Gasteiger partial charge in [0.15, 0.2) is 11.7 Å². The Balaban J connectivity index is 2.54. The van der Waals surface area contributed by atoms with E-state index in [1.54, 1.807) is 19.8 Å². The lowest BCUT2D eigenvalue weighted by molar-refractivity contribution is 0.416. The molecule has 25 heavy (non-hydrogen) atoms. The minimum absolute atomic E-state index is 0.276. The van der Waals surface area contributed by atoms with Crippen LogP contribution in [0.3, 0.4) is 0 Å². The van der Waals surface area contributed by atoms with E-state index in [9.17, 15) is 0 Å². The molecule has 0 saturated heterocycles. The zero-order valence-electron chi connectivity index (χ0n) is 15.1. The minimum atomic E-state index is 0.276. The van der Waals surface area contributed by atoms with Crippen molar-refractivity contribution in [3.8, 4) is 5.75 Å². The van der Waals surface area contributed by atoms with Crippen LogP contribution in [0, 0.1) is 0 Å². The summed E-state index contributed by atoms with van der Waals surface area (Å²) >= 11 is 0. The first-order valence-corrected chi connectivity index (χ1v) is 7.64. The molecule has 0 bridgehead atoms. The topological polar surface area (TPSA) is 91.2 Å². The van der Waals surface area contributed by atoms with Crippen LogP contribution in [0.15, 0.2) is 55.6 Å². The van der Waals surface area contributed by atoms with Crippen LogP contribution >= 0.6 is 0 Å². The molecule has 1 aromatic rings. The summed E-state index contributed by atoms with van der Waals surface area (Å²) in [5, 5.41) is 0. The predicted molar refractivity (Wildman–Crippen MR) is 103 cm³/mol. The first-order valence-electron chi connectivity index (χ1n) is 7.64. The van der Waals surface area contributed by atoms with Crippen LogP contribution in [0.2, 0.25) is 0 Å². The lowest BCUT2D eigenvalue weighted by Crippen LogP contribution is -2.14. The standard InChI is InChI=1S/C17H23N7O/c1-23(2)10-19-14-15(20-11-24(3)4)17(22-16(14)18)21-12-8-6-7-9-13(12)25-5/h6-11H,1-5H3,(H2,18,21,22). The van der Waals surface area contributed by atoms with E-state index in [0.29, 0.717) is 28.7 Å². The van der Waals surface area contributed by atoms with Gasteiger partial charge in [-0.3, -0.25) is 0 Å². The van der Waals surface area contributed by atoms with Crippen molar-refractivity contribution in [2.75, 3.05) is 35.3 Å². The molecule has 1 aliphatic rings. The Morgan fingerprint density at radius 3 is 2.20 bits per heavy atom. The van der Waals surface area contributed by atoms with E-state index < -0.39 is 0 Å². The second-order valence-corrected chi connectivity index (χ2v) is 5.72. The smallest absolute Gasteiger partial charge is 0.183 e. The number of nitrogens with two attached hydrogens (primary N) is 1. The Morgan fingerprint density at radius 2 is 1.60 bits per heavy atom. The Labute approximate surface area is 147 Å². The highest BCUT2D eigenvalue weighted by Gasteiger charge is 2.23. The number of para-hydroxylation sites is 2. The van der Waals surface area contributed by atoms with Gasteiger partial charge >= 0.3 is 0 Å². The monoisotopic (exact) mass is 341 g/mol. The van der Waals surface area contributed by atoms with Crippen LogP contribution in [0.1, 0.15) is 0 Å². The third kappa shape index (κ3) is 4.66. The van der Waals surface area contributed by atoms with Crippen molar-refractivity contribution >= 4 is 30.0 Å². The van der Waals surface area contributed by atoms with Crippen LogP contribution < -0.4 is 10.5 Å². The molecule has 0 fully saturated rings. The number of rotatable bonds is 6. The van der Waals surface area contributed by atoms with Crippen molar-refractivity contribution in [2.45, 2.75) is 0 Å². The Hall–Kier alpha value is -3.16. The molecule has 0 saturated carbocycles. The summed E-state index contributed by atoms with van der Waals surface area (Å²) in [6.45, 7) is 0. The second-order valence-electron chi connectivity index (χ2n) is 5.72. The van der Waals surface area contributed by atoms with Crippen molar-refractivity contribution in [3.63, 3.8) is 0 Å². The van der Waals surface area contributed by atoms with E-state index in [0.717, 1.165) is 0 Å². The number of ether oxygens (including phenoxy) is 1. The number of hydrogen-bond acceptors (Lipinski definition) is 5. The number of aliphatic imine (C=N–C) groups is 4. The summed E-state index contributed by atoms with van der Waals surface area (Å²) in [5.74, 6) is 1.31. The van der Waals surface area contributed by atoms with Crippen LogP contribution in [-0.4, -0.2) is 69.4 Å². The molecule has 132 valence electrons. The predicted octanol–water partition coefficient (Wildman–Crippen LogP) is 1.49. The number of benzene rings is 1. The largest absolute Gasteiger partial charge is 0.494 e. The Morgan fingerprint density at radius 1 is 1.00 bits per heavy atom. The van der Waals surface area contributed by atoms with Gasteiger partial charge in [0, 0.05) is 28.2 Å². The quantitative estimate of drug-likeness (QED) is 0.627. The average molecular weight is 341 g/mol. The van der Waals surface area contributed by atoms with Gasteiger partial charge in [-0.1, -0.05) is 12.1 Å². The van der Waals surface area contributed by atoms with Gasteiger partial charge in [-0.05, 0) is 12.1 Å². The molecule has 1 aliphatic heterocycles. The van der Waals surface area contributed by atoms with E-state index in [2.05, 4.69) is 20.0 Å². The van der Waals surface area contributed by atoms with Gasteiger partial charge in [0.1, 0.15) is 22.8 Å². The molecule has 0 aromatic heterocycles. The lowest BCUT2D eigenvalue weighted by Gasteiger charge is -2.06. The number of nitrogens with zero attached hydrogens (tertiary/aromatic N) is 6. The van der Waals surface area contributed by atoms with Crippen LogP contribution in [0.5, 0.6) is 5.75 Å². The number of hydrogen-bond donors (Lipinski definition) is 1. The van der Waals surface area contributed by atoms with Gasteiger partial charge in [-0.25, -0.2) is 20.0 Å². The molecule has 0 aliphatic carbocycles. The third-order valence-electron chi connectivity index (χ3n) is 3.05. The molecular weight excluding hydrogens is 318 g/mol.